The SMILES string of the molecule is C=CCCC(NC(=O)C(NC(=O)c1ccccc1OC)C(C)C)C(=O)O. The van der Waals surface area contributed by atoms with Crippen molar-refractivity contribution in [2.45, 2.75) is 38.8 Å². The van der Waals surface area contributed by atoms with Crippen molar-refractivity contribution >= 4 is 17.8 Å². The molecule has 26 heavy (non-hydrogen) atoms. The molecule has 142 valence electrons. The Bertz CT molecular complexity index is 657. The second-order valence-corrected chi connectivity index (χ2v) is 6.16. The number of methoxy groups -OCH3 is 1. The molecule has 0 aliphatic rings. The van der Waals surface area contributed by atoms with Crippen LogP contribution in [0.1, 0.15) is 37.0 Å². The minimum atomic E-state index is -1.13. The van der Waals surface area contributed by atoms with E-state index in [1.54, 1.807) is 44.2 Å². The van der Waals surface area contributed by atoms with Crippen molar-refractivity contribution in [2.24, 2.45) is 5.92 Å². The first-order valence-electron chi connectivity index (χ1n) is 8.39. The van der Waals surface area contributed by atoms with Crippen LogP contribution >= 0.6 is 0 Å². The second kappa shape index (κ2) is 10.2. The van der Waals surface area contributed by atoms with Crippen LogP contribution in [0.2, 0.25) is 0 Å². The third-order valence-electron chi connectivity index (χ3n) is 3.86. The Morgan fingerprint density at radius 3 is 2.42 bits per heavy atom. The Morgan fingerprint density at radius 2 is 1.88 bits per heavy atom. The molecule has 0 heterocycles. The molecule has 0 aromatic heterocycles. The third kappa shape index (κ3) is 5.91. The van der Waals surface area contributed by atoms with Crippen molar-refractivity contribution in [3.8, 4) is 5.75 Å². The number of hydrogen-bond acceptors (Lipinski definition) is 4. The Kier molecular flexibility index (Phi) is 8.34. The number of aliphatic carboxylic acids is 1. The summed E-state index contributed by atoms with van der Waals surface area (Å²) in [6.07, 6.45) is 2.28. The summed E-state index contributed by atoms with van der Waals surface area (Å²) in [5.41, 5.74) is 0.301. The number of carboxylic acid groups (broad SMARTS) is 1. The lowest BCUT2D eigenvalue weighted by molar-refractivity contribution is -0.142. The van der Waals surface area contributed by atoms with Crippen LogP contribution in [0.3, 0.4) is 0 Å². The van der Waals surface area contributed by atoms with Crippen molar-refractivity contribution in [2.75, 3.05) is 7.11 Å². The quantitative estimate of drug-likeness (QED) is 0.552. The minimum absolute atomic E-state index is 0.232. The van der Waals surface area contributed by atoms with Gasteiger partial charge in [0.15, 0.2) is 0 Å². The van der Waals surface area contributed by atoms with Crippen LogP contribution in [0.4, 0.5) is 0 Å². The summed E-state index contributed by atoms with van der Waals surface area (Å²) in [5, 5.41) is 14.4. The predicted molar refractivity (Wildman–Crippen MR) is 98.1 cm³/mol. The summed E-state index contributed by atoms with van der Waals surface area (Å²) >= 11 is 0. The van der Waals surface area contributed by atoms with Gasteiger partial charge >= 0.3 is 5.97 Å². The zero-order valence-corrected chi connectivity index (χ0v) is 15.3. The van der Waals surface area contributed by atoms with Crippen LogP contribution in [-0.2, 0) is 9.59 Å². The number of carbonyl (C=O) groups excluding carboxylic acids is 2. The van der Waals surface area contributed by atoms with Crippen molar-refractivity contribution in [3.63, 3.8) is 0 Å². The molecule has 0 saturated heterocycles. The molecule has 2 unspecified atom stereocenters. The number of para-hydroxylation sites is 1. The van der Waals surface area contributed by atoms with Crippen LogP contribution in [0, 0.1) is 5.92 Å². The van der Waals surface area contributed by atoms with Crippen molar-refractivity contribution in [1.82, 2.24) is 10.6 Å². The summed E-state index contributed by atoms with van der Waals surface area (Å²) in [5.74, 6) is -1.97. The van der Waals surface area contributed by atoms with Gasteiger partial charge in [0.05, 0.1) is 12.7 Å². The van der Waals surface area contributed by atoms with Gasteiger partial charge in [-0.05, 0) is 30.9 Å². The number of carboxylic acids is 1. The van der Waals surface area contributed by atoms with E-state index in [4.69, 9.17) is 4.74 Å². The van der Waals surface area contributed by atoms with Gasteiger partial charge in [-0.3, -0.25) is 9.59 Å². The van der Waals surface area contributed by atoms with Gasteiger partial charge in [0.25, 0.3) is 5.91 Å². The molecule has 7 heteroatoms. The van der Waals surface area contributed by atoms with E-state index >= 15 is 0 Å². The fraction of sp³-hybridized carbons (Fsp3) is 0.421. The Hall–Kier alpha value is -2.83. The molecule has 0 bridgehead atoms. The number of allylic oxidation sites excluding steroid dienone is 1. The number of ether oxygens (including phenoxy) is 1. The molecule has 1 aromatic rings. The fourth-order valence-corrected chi connectivity index (χ4v) is 2.39. The van der Waals surface area contributed by atoms with E-state index in [1.807, 2.05) is 0 Å². The topological polar surface area (TPSA) is 105 Å². The molecule has 1 rings (SSSR count). The molecule has 7 nitrogen and oxygen atoms in total. The highest BCUT2D eigenvalue weighted by Gasteiger charge is 2.29. The van der Waals surface area contributed by atoms with Crippen LogP contribution < -0.4 is 15.4 Å². The maximum absolute atomic E-state index is 12.5. The number of amides is 2. The summed E-state index contributed by atoms with van der Waals surface area (Å²) < 4.78 is 5.16. The highest BCUT2D eigenvalue weighted by Crippen LogP contribution is 2.17. The summed E-state index contributed by atoms with van der Waals surface area (Å²) in [7, 11) is 1.45. The lowest BCUT2D eigenvalue weighted by Gasteiger charge is -2.24. The zero-order valence-electron chi connectivity index (χ0n) is 15.3. The fourth-order valence-electron chi connectivity index (χ4n) is 2.39. The average molecular weight is 362 g/mol. The standard InChI is InChI=1S/C19H26N2O5/c1-5-6-10-14(19(24)25)20-18(23)16(12(2)3)21-17(22)13-9-7-8-11-15(13)26-4/h5,7-9,11-12,14,16H,1,6,10H2,2-4H3,(H,20,23)(H,21,22)(H,24,25). The molecule has 0 spiro atoms. The summed E-state index contributed by atoms with van der Waals surface area (Å²) in [4.78, 5) is 36.4. The summed E-state index contributed by atoms with van der Waals surface area (Å²) in [6, 6.07) is 4.75. The first kappa shape index (κ1) is 21.2. The van der Waals surface area contributed by atoms with Gasteiger partial charge in [0, 0.05) is 0 Å². The third-order valence-corrected chi connectivity index (χ3v) is 3.86. The van der Waals surface area contributed by atoms with E-state index in [0.29, 0.717) is 17.7 Å². The van der Waals surface area contributed by atoms with Crippen LogP contribution in [-0.4, -0.2) is 42.1 Å². The van der Waals surface area contributed by atoms with Gasteiger partial charge in [-0.2, -0.15) is 0 Å². The number of benzene rings is 1. The lowest BCUT2D eigenvalue weighted by Crippen LogP contribution is -2.53. The molecule has 3 N–H and O–H groups in total. The Morgan fingerprint density at radius 1 is 1.23 bits per heavy atom. The largest absolute Gasteiger partial charge is 0.496 e. The Balaban J connectivity index is 2.90. The van der Waals surface area contributed by atoms with Gasteiger partial charge in [0.2, 0.25) is 5.91 Å². The van der Waals surface area contributed by atoms with Gasteiger partial charge in [-0.1, -0.05) is 32.1 Å². The normalized spacial score (nSPS) is 12.8. The molecule has 0 aliphatic carbocycles. The van der Waals surface area contributed by atoms with Crippen LogP contribution in [0.25, 0.3) is 0 Å². The maximum atomic E-state index is 12.5. The number of hydrogen-bond donors (Lipinski definition) is 3. The minimum Gasteiger partial charge on any atom is -0.496 e. The second-order valence-electron chi connectivity index (χ2n) is 6.16. The average Bonchev–Trinajstić information content (AvgIpc) is 2.62. The van der Waals surface area contributed by atoms with E-state index in [1.165, 1.54) is 7.11 Å². The highest BCUT2D eigenvalue weighted by atomic mass is 16.5. The van der Waals surface area contributed by atoms with Crippen LogP contribution in [0.5, 0.6) is 5.75 Å². The van der Waals surface area contributed by atoms with Gasteiger partial charge in [-0.15, -0.1) is 6.58 Å². The molecular formula is C19H26N2O5. The van der Waals surface area contributed by atoms with Gasteiger partial charge in [0.1, 0.15) is 17.8 Å². The smallest absolute Gasteiger partial charge is 0.326 e. The molecular weight excluding hydrogens is 336 g/mol. The van der Waals surface area contributed by atoms with Crippen molar-refractivity contribution < 1.29 is 24.2 Å². The predicted octanol–water partition coefficient (Wildman–Crippen LogP) is 1.99. The van der Waals surface area contributed by atoms with E-state index in [-0.39, 0.29) is 12.3 Å². The first-order valence-corrected chi connectivity index (χ1v) is 8.39. The van der Waals surface area contributed by atoms with Crippen molar-refractivity contribution in [1.29, 1.82) is 0 Å². The monoisotopic (exact) mass is 362 g/mol. The summed E-state index contributed by atoms with van der Waals surface area (Å²) in [6.45, 7) is 7.09. The Labute approximate surface area is 153 Å². The molecule has 0 saturated carbocycles. The maximum Gasteiger partial charge on any atom is 0.326 e. The van der Waals surface area contributed by atoms with E-state index in [0.717, 1.165) is 0 Å². The molecule has 0 aliphatic heterocycles. The molecule has 2 atom stereocenters. The number of rotatable bonds is 10. The van der Waals surface area contributed by atoms with Gasteiger partial charge < -0.3 is 20.5 Å². The highest BCUT2D eigenvalue weighted by molar-refractivity contribution is 6.00. The molecule has 1 aromatic carbocycles. The molecule has 0 radical (unpaired) electrons. The molecule has 2 amide bonds. The molecule has 0 fully saturated rings. The van der Waals surface area contributed by atoms with E-state index < -0.39 is 29.9 Å². The number of carbonyl (C=O) groups is 3. The lowest BCUT2D eigenvalue weighted by atomic mass is 10.0. The van der Waals surface area contributed by atoms with Crippen molar-refractivity contribution in [3.05, 3.63) is 42.5 Å². The zero-order chi connectivity index (χ0) is 19.7. The van der Waals surface area contributed by atoms with E-state index in [2.05, 4.69) is 17.2 Å². The first-order chi connectivity index (χ1) is 12.3. The number of nitrogens with one attached hydrogen (secondary N) is 2. The van der Waals surface area contributed by atoms with Gasteiger partial charge in [-0.25, -0.2) is 4.79 Å². The van der Waals surface area contributed by atoms with Crippen LogP contribution in [0.15, 0.2) is 36.9 Å². The van der Waals surface area contributed by atoms with E-state index in [9.17, 15) is 19.5 Å².